The summed E-state index contributed by atoms with van der Waals surface area (Å²) in [6.07, 6.45) is 12.4. The van der Waals surface area contributed by atoms with Crippen molar-refractivity contribution in [2.45, 2.75) is 68.9 Å². The first-order chi connectivity index (χ1) is 20.2. The lowest BCUT2D eigenvalue weighted by atomic mass is 9.85. The number of hydrogen-bond acceptors (Lipinski definition) is 9. The number of pyridine rings is 2. The van der Waals surface area contributed by atoms with Gasteiger partial charge in [-0.15, -0.1) is 0 Å². The second-order valence-corrected chi connectivity index (χ2v) is 12.6. The van der Waals surface area contributed by atoms with Gasteiger partial charge in [0.1, 0.15) is 30.5 Å². The average molecular weight is 555 g/mol. The minimum Gasteiger partial charge on any atom is -0.491 e. The van der Waals surface area contributed by atoms with Crippen LogP contribution in [0.5, 0.6) is 5.75 Å². The van der Waals surface area contributed by atoms with Crippen LogP contribution in [0.2, 0.25) is 0 Å². The van der Waals surface area contributed by atoms with Gasteiger partial charge in [-0.1, -0.05) is 12.8 Å². The maximum atomic E-state index is 11.0. The summed E-state index contributed by atoms with van der Waals surface area (Å²) < 4.78 is 7.98. The Balaban J connectivity index is 0.983. The number of aliphatic hydroxyl groups is 1. The summed E-state index contributed by atoms with van der Waals surface area (Å²) in [5.74, 6) is 2.14. The summed E-state index contributed by atoms with van der Waals surface area (Å²) in [7, 11) is 0. The van der Waals surface area contributed by atoms with E-state index >= 15 is 0 Å². The van der Waals surface area contributed by atoms with Crippen molar-refractivity contribution in [3.63, 3.8) is 0 Å². The molecule has 8 heterocycles. The molecule has 5 aliphatic heterocycles. The zero-order chi connectivity index (χ0) is 27.5. The SMILES string of the molecule is N#Cc1cnn2cc(OCCN3C4CNCC3C4)cc(-c3ccc(N4CC5CC(C4)N5C(O)C4CCCC4)nc3)c12. The zero-order valence-corrected chi connectivity index (χ0v) is 23.4. The Hall–Kier alpha value is -3.23. The minimum absolute atomic E-state index is 0.289. The number of rotatable bonds is 8. The Labute approximate surface area is 240 Å². The molecule has 3 aromatic heterocycles. The number of nitrogens with zero attached hydrogens (tertiary/aromatic N) is 7. The van der Waals surface area contributed by atoms with E-state index in [2.05, 4.69) is 43.3 Å². The highest BCUT2D eigenvalue weighted by atomic mass is 16.5. The summed E-state index contributed by atoms with van der Waals surface area (Å²) in [4.78, 5) is 12.1. The van der Waals surface area contributed by atoms with E-state index in [1.165, 1.54) is 19.3 Å². The molecule has 10 nitrogen and oxygen atoms in total. The molecule has 10 heteroatoms. The number of piperidine rings is 2. The molecule has 5 saturated heterocycles. The minimum atomic E-state index is -0.289. The lowest BCUT2D eigenvalue weighted by molar-refractivity contribution is -0.147. The quantitative estimate of drug-likeness (QED) is 0.435. The molecule has 2 N–H and O–H groups in total. The molecule has 6 aliphatic rings. The molecule has 6 fully saturated rings. The molecule has 5 atom stereocenters. The van der Waals surface area contributed by atoms with E-state index in [0.717, 1.165) is 80.2 Å². The summed E-state index contributed by atoms with van der Waals surface area (Å²) in [6, 6.07) is 10.6. The number of ether oxygens (including phenoxy) is 1. The molecule has 214 valence electrons. The van der Waals surface area contributed by atoms with Gasteiger partial charge in [-0.25, -0.2) is 9.50 Å². The van der Waals surface area contributed by atoms with E-state index in [0.29, 0.717) is 42.3 Å². The van der Waals surface area contributed by atoms with Gasteiger partial charge < -0.3 is 20.1 Å². The van der Waals surface area contributed by atoms with Gasteiger partial charge >= 0.3 is 0 Å². The number of nitriles is 1. The molecule has 1 saturated carbocycles. The first-order valence-electron chi connectivity index (χ1n) is 15.3. The van der Waals surface area contributed by atoms with E-state index in [9.17, 15) is 10.4 Å². The number of nitrogens with one attached hydrogen (secondary N) is 1. The van der Waals surface area contributed by atoms with E-state index < -0.39 is 0 Å². The Bertz CT molecular complexity index is 1440. The fourth-order valence-corrected chi connectivity index (χ4v) is 8.16. The summed E-state index contributed by atoms with van der Waals surface area (Å²) >= 11 is 0. The van der Waals surface area contributed by atoms with Crippen LogP contribution in [-0.2, 0) is 0 Å². The van der Waals surface area contributed by atoms with Gasteiger partial charge in [0.2, 0.25) is 0 Å². The lowest BCUT2D eigenvalue weighted by Crippen LogP contribution is -2.72. The van der Waals surface area contributed by atoms with Crippen molar-refractivity contribution in [3.05, 3.63) is 42.4 Å². The monoisotopic (exact) mass is 554 g/mol. The van der Waals surface area contributed by atoms with Gasteiger partial charge in [0, 0.05) is 74.2 Å². The molecule has 41 heavy (non-hydrogen) atoms. The number of fused-ring (bicyclic) bond motifs is 5. The predicted molar refractivity (Wildman–Crippen MR) is 155 cm³/mol. The Morgan fingerprint density at radius 2 is 1.85 bits per heavy atom. The number of piperazine rings is 2. The molecule has 3 aromatic rings. The standard InChI is InChI=1S/C31H38N8O2/c32-12-22-14-35-38-19-27(41-8-7-37-23-9-24(37)16-33-15-23)11-28(30(22)38)21-5-6-29(34-13-21)36-17-25-10-26(18-36)39(25)31(40)20-3-1-2-4-20/h5-6,11,13-14,19-20,23-26,31,33,40H,1-4,7-10,15-18H2. The maximum Gasteiger partial charge on any atom is 0.138 e. The molecule has 0 aromatic carbocycles. The summed E-state index contributed by atoms with van der Waals surface area (Å²) in [6.45, 7) is 5.46. The first kappa shape index (κ1) is 25.5. The first-order valence-corrected chi connectivity index (χ1v) is 15.3. The van der Waals surface area contributed by atoms with E-state index in [1.807, 2.05) is 18.5 Å². The summed E-state index contributed by atoms with van der Waals surface area (Å²) in [5, 5.41) is 28.7. The van der Waals surface area contributed by atoms with Crippen molar-refractivity contribution in [3.8, 4) is 22.9 Å². The smallest absolute Gasteiger partial charge is 0.138 e. The molecule has 9 rings (SSSR count). The van der Waals surface area contributed by atoms with Crippen LogP contribution in [0.25, 0.3) is 16.6 Å². The molecule has 0 amide bonds. The third-order valence-electron chi connectivity index (χ3n) is 10.3. The number of aliphatic hydroxyl groups excluding tert-OH is 1. The van der Waals surface area contributed by atoms with Gasteiger partial charge in [0.25, 0.3) is 0 Å². The number of hydrogen-bond donors (Lipinski definition) is 2. The third-order valence-corrected chi connectivity index (χ3v) is 10.3. The van der Waals surface area contributed by atoms with Crippen molar-refractivity contribution >= 4 is 11.3 Å². The van der Waals surface area contributed by atoms with Crippen LogP contribution in [0.3, 0.4) is 0 Å². The molecule has 4 bridgehead atoms. The highest BCUT2D eigenvalue weighted by Gasteiger charge is 2.49. The van der Waals surface area contributed by atoms with Crippen LogP contribution in [0.15, 0.2) is 36.8 Å². The molecular formula is C31H38N8O2. The number of aromatic nitrogens is 3. The Kier molecular flexibility index (Phi) is 6.37. The van der Waals surface area contributed by atoms with E-state index in [-0.39, 0.29) is 6.23 Å². The average Bonchev–Trinajstić information content (AvgIpc) is 3.70. The Morgan fingerprint density at radius 3 is 2.56 bits per heavy atom. The second-order valence-electron chi connectivity index (χ2n) is 12.6. The van der Waals surface area contributed by atoms with Gasteiger partial charge in [0.15, 0.2) is 0 Å². The molecule has 0 spiro atoms. The second kappa shape index (κ2) is 10.2. The Morgan fingerprint density at radius 1 is 1.07 bits per heavy atom. The third kappa shape index (κ3) is 4.38. The molecular weight excluding hydrogens is 516 g/mol. The van der Waals surface area contributed by atoms with Crippen molar-refractivity contribution in [1.29, 1.82) is 5.26 Å². The van der Waals surface area contributed by atoms with Crippen LogP contribution in [-0.4, -0.2) is 99.2 Å². The highest BCUT2D eigenvalue weighted by Crippen LogP contribution is 2.40. The van der Waals surface area contributed by atoms with Crippen molar-refractivity contribution in [2.75, 3.05) is 44.2 Å². The van der Waals surface area contributed by atoms with E-state index in [1.54, 1.807) is 10.7 Å². The van der Waals surface area contributed by atoms with Gasteiger partial charge in [-0.05, 0) is 49.8 Å². The largest absolute Gasteiger partial charge is 0.491 e. The van der Waals surface area contributed by atoms with Gasteiger partial charge in [-0.2, -0.15) is 10.4 Å². The van der Waals surface area contributed by atoms with Crippen molar-refractivity contribution in [1.82, 2.24) is 29.7 Å². The van der Waals surface area contributed by atoms with Crippen LogP contribution in [0, 0.1) is 17.2 Å². The van der Waals surface area contributed by atoms with Crippen LogP contribution >= 0.6 is 0 Å². The van der Waals surface area contributed by atoms with Crippen LogP contribution in [0.1, 0.15) is 44.1 Å². The van der Waals surface area contributed by atoms with Crippen molar-refractivity contribution < 1.29 is 9.84 Å². The molecule has 5 unspecified atom stereocenters. The fraction of sp³-hybridized carbons (Fsp3) is 0.581. The lowest BCUT2D eigenvalue weighted by Gasteiger charge is -2.59. The molecule has 0 radical (unpaired) electrons. The fourth-order valence-electron chi connectivity index (χ4n) is 8.16. The van der Waals surface area contributed by atoms with Crippen LogP contribution in [0.4, 0.5) is 5.82 Å². The summed E-state index contributed by atoms with van der Waals surface area (Å²) in [5.41, 5.74) is 3.14. The maximum absolute atomic E-state index is 11.0. The van der Waals surface area contributed by atoms with Gasteiger partial charge in [0.05, 0.1) is 23.5 Å². The molecule has 1 aliphatic carbocycles. The van der Waals surface area contributed by atoms with Crippen LogP contribution < -0.4 is 15.0 Å². The topological polar surface area (TPSA) is 105 Å². The van der Waals surface area contributed by atoms with E-state index in [4.69, 9.17) is 9.72 Å². The van der Waals surface area contributed by atoms with Crippen molar-refractivity contribution in [2.24, 2.45) is 5.92 Å². The normalized spacial score (nSPS) is 28.7. The van der Waals surface area contributed by atoms with Gasteiger partial charge in [-0.3, -0.25) is 9.80 Å². The highest BCUT2D eigenvalue weighted by molar-refractivity contribution is 5.85. The predicted octanol–water partition coefficient (Wildman–Crippen LogP) is 2.46. The zero-order valence-electron chi connectivity index (χ0n) is 23.4. The number of anilines is 1.